The highest BCUT2D eigenvalue weighted by atomic mass is 35.5. The maximum absolute atomic E-state index is 13.5. The first-order valence-corrected chi connectivity index (χ1v) is 7.13. The highest BCUT2D eigenvalue weighted by molar-refractivity contribution is 6.29. The molecule has 3 aliphatic rings. The summed E-state index contributed by atoms with van der Waals surface area (Å²) >= 11 is 5.62. The van der Waals surface area contributed by atoms with Crippen LogP contribution in [0.1, 0.15) is 18.4 Å². The van der Waals surface area contributed by atoms with E-state index >= 15 is 0 Å². The Morgan fingerprint density at radius 1 is 1.45 bits per heavy atom. The molecule has 0 radical (unpaired) electrons. The molecule has 1 aromatic rings. The fourth-order valence-electron chi connectivity index (χ4n) is 2.54. The minimum atomic E-state index is -0.473. The molecule has 1 saturated heterocycles. The summed E-state index contributed by atoms with van der Waals surface area (Å²) in [4.78, 5) is 6.13. The second-order valence-corrected chi connectivity index (χ2v) is 5.77. The summed E-state index contributed by atoms with van der Waals surface area (Å²) in [5.74, 6) is -0.473. The molecule has 2 unspecified atom stereocenters. The van der Waals surface area contributed by atoms with Crippen molar-refractivity contribution < 1.29 is 13.9 Å². The molecule has 20 heavy (non-hydrogen) atoms. The molecular formula is C14H14ClFN2O2. The van der Waals surface area contributed by atoms with Crippen LogP contribution in [0, 0.1) is 5.82 Å². The fourth-order valence-corrected chi connectivity index (χ4v) is 2.64. The van der Waals surface area contributed by atoms with E-state index in [4.69, 9.17) is 21.1 Å². The second-order valence-electron chi connectivity index (χ2n) is 5.41. The lowest BCUT2D eigenvalue weighted by molar-refractivity contribution is 0.0514. The average molecular weight is 297 g/mol. The molecule has 1 saturated carbocycles. The van der Waals surface area contributed by atoms with E-state index in [9.17, 15) is 4.39 Å². The molecule has 2 aliphatic heterocycles. The molecule has 4 nitrogen and oxygen atoms in total. The minimum absolute atomic E-state index is 0.0468. The standard InChI is InChI=1S/C14H14ClFN2O2/c15-13-11(16)3-8(5-17-13)6-18(9-1-2-9)10-4-12-14(20-12)19-7-10/h3-5,9,12,14H,1-2,6-7H2. The highest BCUT2D eigenvalue weighted by Gasteiger charge is 2.43. The van der Waals surface area contributed by atoms with Gasteiger partial charge in [0.2, 0.25) is 0 Å². The normalized spacial score (nSPS) is 27.8. The summed E-state index contributed by atoms with van der Waals surface area (Å²) in [6.45, 7) is 1.18. The Labute approximate surface area is 121 Å². The number of fused-ring (bicyclic) bond motifs is 1. The molecule has 0 spiro atoms. The van der Waals surface area contributed by atoms with Crippen LogP contribution in [-0.4, -0.2) is 34.9 Å². The SMILES string of the molecule is Fc1cc(CN(C2=CC3OC3OC2)C2CC2)cnc1Cl. The summed E-state index contributed by atoms with van der Waals surface area (Å²) in [6.07, 6.45) is 6.12. The van der Waals surface area contributed by atoms with Crippen LogP contribution in [0.3, 0.4) is 0 Å². The van der Waals surface area contributed by atoms with Crippen molar-refractivity contribution in [1.29, 1.82) is 0 Å². The summed E-state index contributed by atoms with van der Waals surface area (Å²) in [6, 6.07) is 1.96. The Kier molecular flexibility index (Phi) is 2.94. The Bertz CT molecular complexity index is 576. The molecule has 106 valence electrons. The van der Waals surface area contributed by atoms with E-state index in [0.29, 0.717) is 19.2 Å². The van der Waals surface area contributed by atoms with E-state index in [0.717, 1.165) is 24.1 Å². The molecule has 1 aliphatic carbocycles. The van der Waals surface area contributed by atoms with Crippen LogP contribution >= 0.6 is 11.6 Å². The van der Waals surface area contributed by atoms with Gasteiger partial charge in [-0.3, -0.25) is 0 Å². The van der Waals surface area contributed by atoms with Gasteiger partial charge in [0.05, 0.1) is 6.61 Å². The second kappa shape index (κ2) is 4.69. The van der Waals surface area contributed by atoms with E-state index in [1.54, 1.807) is 6.20 Å². The van der Waals surface area contributed by atoms with Gasteiger partial charge in [0.1, 0.15) is 6.10 Å². The maximum atomic E-state index is 13.5. The zero-order chi connectivity index (χ0) is 13.7. The Morgan fingerprint density at radius 3 is 3.00 bits per heavy atom. The number of pyridine rings is 1. The van der Waals surface area contributed by atoms with Crippen molar-refractivity contribution in [2.45, 2.75) is 37.8 Å². The molecule has 4 rings (SSSR count). The number of halogens is 2. The zero-order valence-corrected chi connectivity index (χ0v) is 11.5. The number of ether oxygens (including phenoxy) is 2. The van der Waals surface area contributed by atoms with Gasteiger partial charge < -0.3 is 14.4 Å². The number of aromatic nitrogens is 1. The van der Waals surface area contributed by atoms with E-state index in [2.05, 4.69) is 16.0 Å². The number of epoxide rings is 1. The van der Waals surface area contributed by atoms with Gasteiger partial charge in [-0.05, 0) is 30.5 Å². The molecule has 2 atom stereocenters. The van der Waals surface area contributed by atoms with Gasteiger partial charge in [0.15, 0.2) is 17.3 Å². The lowest BCUT2D eigenvalue weighted by Crippen LogP contribution is -2.30. The molecule has 0 aromatic carbocycles. The van der Waals surface area contributed by atoms with E-state index < -0.39 is 5.82 Å². The number of hydrogen-bond donors (Lipinski definition) is 0. The van der Waals surface area contributed by atoms with Crippen molar-refractivity contribution in [3.8, 4) is 0 Å². The average Bonchev–Trinajstić information content (AvgIpc) is 3.33. The Hall–Kier alpha value is -1.17. The predicted octanol–water partition coefficient (Wildman–Crippen LogP) is 2.48. The van der Waals surface area contributed by atoms with Crippen LogP contribution in [0.2, 0.25) is 5.15 Å². The quantitative estimate of drug-likeness (QED) is 0.632. The van der Waals surface area contributed by atoms with E-state index in [1.165, 1.54) is 6.07 Å². The first kappa shape index (κ1) is 12.6. The van der Waals surface area contributed by atoms with Crippen molar-refractivity contribution in [2.24, 2.45) is 0 Å². The number of nitrogens with zero attached hydrogens (tertiary/aromatic N) is 2. The van der Waals surface area contributed by atoms with Crippen LogP contribution in [0.4, 0.5) is 4.39 Å². The van der Waals surface area contributed by atoms with Gasteiger partial charge in [0, 0.05) is 24.5 Å². The molecule has 0 N–H and O–H groups in total. The maximum Gasteiger partial charge on any atom is 0.188 e. The molecular weight excluding hydrogens is 283 g/mol. The monoisotopic (exact) mass is 296 g/mol. The zero-order valence-electron chi connectivity index (χ0n) is 10.8. The summed E-state index contributed by atoms with van der Waals surface area (Å²) in [7, 11) is 0. The third-order valence-electron chi connectivity index (χ3n) is 3.80. The van der Waals surface area contributed by atoms with Gasteiger partial charge in [-0.15, -0.1) is 0 Å². The molecule has 0 amide bonds. The van der Waals surface area contributed by atoms with Gasteiger partial charge in [0.25, 0.3) is 0 Å². The van der Waals surface area contributed by atoms with Gasteiger partial charge in [-0.2, -0.15) is 0 Å². The molecule has 0 bridgehead atoms. The topological polar surface area (TPSA) is 37.9 Å². The number of rotatable bonds is 4. The van der Waals surface area contributed by atoms with Crippen molar-refractivity contribution >= 4 is 11.6 Å². The number of hydrogen-bond acceptors (Lipinski definition) is 4. The third kappa shape index (κ3) is 2.41. The Balaban J connectivity index is 1.55. The minimum Gasteiger partial charge on any atom is -0.366 e. The van der Waals surface area contributed by atoms with Crippen LogP contribution < -0.4 is 0 Å². The first-order chi connectivity index (χ1) is 9.70. The molecule has 1 aromatic heterocycles. The Morgan fingerprint density at radius 2 is 2.30 bits per heavy atom. The smallest absolute Gasteiger partial charge is 0.188 e. The largest absolute Gasteiger partial charge is 0.366 e. The first-order valence-electron chi connectivity index (χ1n) is 6.75. The summed E-state index contributed by atoms with van der Waals surface area (Å²) in [5.41, 5.74) is 1.94. The van der Waals surface area contributed by atoms with Crippen molar-refractivity contribution in [3.05, 3.63) is 40.6 Å². The molecule has 3 heterocycles. The highest BCUT2D eigenvalue weighted by Crippen LogP contribution is 2.37. The van der Waals surface area contributed by atoms with Crippen molar-refractivity contribution in [3.63, 3.8) is 0 Å². The molecule has 6 heteroatoms. The summed E-state index contributed by atoms with van der Waals surface area (Å²) < 4.78 is 24.4. The fraction of sp³-hybridized carbons (Fsp3) is 0.500. The van der Waals surface area contributed by atoms with Crippen LogP contribution in [0.25, 0.3) is 0 Å². The van der Waals surface area contributed by atoms with E-state index in [-0.39, 0.29) is 17.5 Å². The van der Waals surface area contributed by atoms with E-state index in [1.807, 2.05) is 0 Å². The van der Waals surface area contributed by atoms with Crippen LogP contribution in [0.5, 0.6) is 0 Å². The summed E-state index contributed by atoms with van der Waals surface area (Å²) in [5, 5.41) is -0.0823. The lowest BCUT2D eigenvalue weighted by atomic mass is 10.2. The van der Waals surface area contributed by atoms with Crippen LogP contribution in [0.15, 0.2) is 24.0 Å². The van der Waals surface area contributed by atoms with Crippen molar-refractivity contribution in [1.82, 2.24) is 9.88 Å². The van der Waals surface area contributed by atoms with Gasteiger partial charge in [-0.25, -0.2) is 9.37 Å². The van der Waals surface area contributed by atoms with Crippen molar-refractivity contribution in [2.75, 3.05) is 6.61 Å². The predicted molar refractivity (Wildman–Crippen MR) is 70.5 cm³/mol. The molecule has 2 fully saturated rings. The third-order valence-corrected chi connectivity index (χ3v) is 4.08. The van der Waals surface area contributed by atoms with Gasteiger partial charge in [-0.1, -0.05) is 11.6 Å². The van der Waals surface area contributed by atoms with Crippen LogP contribution in [-0.2, 0) is 16.0 Å². The lowest BCUT2D eigenvalue weighted by Gasteiger charge is -2.28. The van der Waals surface area contributed by atoms with Gasteiger partial charge >= 0.3 is 0 Å².